The van der Waals surface area contributed by atoms with Crippen LogP contribution in [-0.4, -0.2) is 42.2 Å². The van der Waals surface area contributed by atoms with Gasteiger partial charge in [0.15, 0.2) is 11.6 Å². The van der Waals surface area contributed by atoms with E-state index in [9.17, 15) is 4.79 Å². The maximum Gasteiger partial charge on any atom is 0.252 e. The molecule has 1 aliphatic rings. The molecule has 0 unspecified atom stereocenters. The summed E-state index contributed by atoms with van der Waals surface area (Å²) in [5.41, 5.74) is 1.48. The predicted octanol–water partition coefficient (Wildman–Crippen LogP) is 6.16. The number of rotatable bonds is 12. The van der Waals surface area contributed by atoms with Gasteiger partial charge in [0.2, 0.25) is 5.90 Å². The Morgan fingerprint density at radius 3 is 2.53 bits per heavy atom. The van der Waals surface area contributed by atoms with Gasteiger partial charge in [-0.25, -0.2) is 4.99 Å². The van der Waals surface area contributed by atoms with Crippen LogP contribution < -0.4 is 10.1 Å². The molecule has 0 spiro atoms. The number of ether oxygens (including phenoxy) is 2. The normalized spacial score (nSPS) is 18.4. The van der Waals surface area contributed by atoms with Crippen LogP contribution in [0.1, 0.15) is 35.6 Å². The highest BCUT2D eigenvalue weighted by Gasteiger charge is 2.52. The number of aliphatic imine (C=N–C) groups is 1. The number of aliphatic hydroxyl groups is 1. The number of aliphatic hydroxyl groups excluding tert-OH is 1. The fraction of sp³-hybridized carbons (Fsp3) is 0.267. The average molecular weight is 642 g/mol. The van der Waals surface area contributed by atoms with E-state index < -0.39 is 11.6 Å². The summed E-state index contributed by atoms with van der Waals surface area (Å²) in [6, 6.07) is 23.1. The van der Waals surface area contributed by atoms with Crippen LogP contribution in [0.4, 0.5) is 0 Å². The van der Waals surface area contributed by atoms with Crippen LogP contribution in [0.25, 0.3) is 0 Å². The minimum Gasteiger partial charge on any atom is -0.494 e. The Hall–Kier alpha value is -2.94. The molecule has 0 fully saturated rings. The molecule has 4 rings (SSSR count). The molecule has 1 amide bonds. The lowest BCUT2D eigenvalue weighted by atomic mass is 9.84. The highest BCUT2D eigenvalue weighted by Crippen LogP contribution is 2.44. The highest BCUT2D eigenvalue weighted by atomic mass is 79.9. The van der Waals surface area contributed by atoms with Gasteiger partial charge in [-0.2, -0.15) is 0 Å². The molecule has 2 atom stereocenters. The van der Waals surface area contributed by atoms with E-state index >= 15 is 0 Å². The molecule has 6 nitrogen and oxygen atoms in total. The molecule has 8 heteroatoms. The van der Waals surface area contributed by atoms with Gasteiger partial charge in [-0.1, -0.05) is 68.3 Å². The molecule has 0 aliphatic carbocycles. The van der Waals surface area contributed by atoms with Crippen molar-refractivity contribution in [2.45, 2.75) is 30.9 Å². The number of nitrogens with one attached hydrogen (secondary N) is 1. The zero-order valence-corrected chi connectivity index (χ0v) is 24.1. The zero-order chi connectivity index (χ0) is 27.0. The second kappa shape index (κ2) is 13.2. The molecular formula is C30H30Br2N2O4. The van der Waals surface area contributed by atoms with Gasteiger partial charge in [0.05, 0.1) is 6.61 Å². The summed E-state index contributed by atoms with van der Waals surface area (Å²) in [4.78, 5) is 18.8. The lowest BCUT2D eigenvalue weighted by Crippen LogP contribution is -2.48. The first-order valence-electron chi connectivity index (χ1n) is 12.5. The molecule has 1 aliphatic heterocycles. The molecular weight excluding hydrogens is 612 g/mol. The third-order valence-electron chi connectivity index (χ3n) is 6.29. The van der Waals surface area contributed by atoms with E-state index in [1.54, 1.807) is 6.08 Å². The highest BCUT2D eigenvalue weighted by molar-refractivity contribution is 9.10. The first kappa shape index (κ1) is 28.1. The van der Waals surface area contributed by atoms with Crippen molar-refractivity contribution < 1.29 is 19.4 Å². The first-order chi connectivity index (χ1) is 18.5. The van der Waals surface area contributed by atoms with Gasteiger partial charge in [0.25, 0.3) is 5.91 Å². The standard InChI is InChI=1S/C30H30Br2N2O4/c1-2-17-30(29(36)33-18-16-21-8-12-23(31)13-9-21)27(25-6-3-4-7-26(25)32)38-28(34-30)22-10-14-24(15-11-22)37-20-5-19-35/h2-4,6-15,27,35H,1,5,16-20H2,(H,33,36)/t27-,30-/m1/s1. The van der Waals surface area contributed by atoms with Gasteiger partial charge in [-0.15, -0.1) is 6.58 Å². The molecule has 0 saturated heterocycles. The number of amides is 1. The smallest absolute Gasteiger partial charge is 0.252 e. The molecule has 38 heavy (non-hydrogen) atoms. The Balaban J connectivity index is 1.62. The molecule has 2 N–H and O–H groups in total. The minimum absolute atomic E-state index is 0.0791. The molecule has 3 aromatic carbocycles. The maximum absolute atomic E-state index is 13.9. The summed E-state index contributed by atoms with van der Waals surface area (Å²) in [5, 5.41) is 12.1. The number of hydrogen-bond acceptors (Lipinski definition) is 5. The number of halogens is 2. The molecule has 198 valence electrons. The van der Waals surface area contributed by atoms with Gasteiger partial charge in [-0.05, 0) is 54.4 Å². The summed E-state index contributed by atoms with van der Waals surface area (Å²) >= 11 is 7.09. The van der Waals surface area contributed by atoms with Crippen LogP contribution in [0, 0.1) is 0 Å². The van der Waals surface area contributed by atoms with Crippen molar-refractivity contribution in [3.8, 4) is 5.75 Å². The van der Waals surface area contributed by atoms with Crippen LogP contribution >= 0.6 is 31.9 Å². The zero-order valence-electron chi connectivity index (χ0n) is 20.9. The summed E-state index contributed by atoms with van der Waals surface area (Å²) in [7, 11) is 0. The summed E-state index contributed by atoms with van der Waals surface area (Å²) < 4.78 is 14.0. The fourth-order valence-corrected chi connectivity index (χ4v) is 5.08. The van der Waals surface area contributed by atoms with Crippen LogP contribution in [-0.2, 0) is 16.0 Å². The third-order valence-corrected chi connectivity index (χ3v) is 7.54. The first-order valence-corrected chi connectivity index (χ1v) is 14.0. The number of benzene rings is 3. The van der Waals surface area contributed by atoms with Crippen molar-refractivity contribution in [3.05, 3.63) is 111 Å². The van der Waals surface area contributed by atoms with Gasteiger partial charge in [0, 0.05) is 46.1 Å². The van der Waals surface area contributed by atoms with E-state index in [2.05, 4.69) is 43.8 Å². The Bertz CT molecular complexity index is 1280. The van der Waals surface area contributed by atoms with Crippen molar-refractivity contribution in [1.82, 2.24) is 5.32 Å². The van der Waals surface area contributed by atoms with Crippen molar-refractivity contribution in [2.75, 3.05) is 19.8 Å². The predicted molar refractivity (Wildman–Crippen MR) is 157 cm³/mol. The number of carbonyl (C=O) groups is 1. The van der Waals surface area contributed by atoms with Gasteiger partial charge in [0.1, 0.15) is 5.75 Å². The fourth-order valence-electron chi connectivity index (χ4n) is 4.32. The summed E-state index contributed by atoms with van der Waals surface area (Å²) in [6.45, 7) is 4.90. The second-order valence-electron chi connectivity index (χ2n) is 8.94. The monoisotopic (exact) mass is 640 g/mol. The Morgan fingerprint density at radius 1 is 1.11 bits per heavy atom. The lowest BCUT2D eigenvalue weighted by molar-refractivity contribution is -0.128. The van der Waals surface area contributed by atoms with Gasteiger partial charge in [-0.3, -0.25) is 4.79 Å². The van der Waals surface area contributed by atoms with Gasteiger partial charge < -0.3 is 19.9 Å². The Morgan fingerprint density at radius 2 is 1.84 bits per heavy atom. The van der Waals surface area contributed by atoms with E-state index in [0.717, 1.165) is 25.6 Å². The van der Waals surface area contributed by atoms with Crippen molar-refractivity contribution >= 4 is 43.7 Å². The van der Waals surface area contributed by atoms with E-state index in [0.29, 0.717) is 44.1 Å². The van der Waals surface area contributed by atoms with Crippen molar-refractivity contribution in [1.29, 1.82) is 0 Å². The molecule has 1 heterocycles. The Labute approximate surface area is 240 Å². The minimum atomic E-state index is -1.23. The number of nitrogens with zero attached hydrogens (tertiary/aromatic N) is 1. The topological polar surface area (TPSA) is 80.2 Å². The number of hydrogen-bond donors (Lipinski definition) is 2. The Kier molecular flexibility index (Phi) is 9.77. The molecule has 0 saturated carbocycles. The molecule has 0 bridgehead atoms. The summed E-state index contributed by atoms with van der Waals surface area (Å²) in [6.07, 6.45) is 2.62. The molecule has 0 aromatic heterocycles. The van der Waals surface area contributed by atoms with Crippen LogP contribution in [0.15, 0.2) is 99.4 Å². The van der Waals surface area contributed by atoms with E-state index in [1.165, 1.54) is 0 Å². The lowest BCUT2D eigenvalue weighted by Gasteiger charge is -2.30. The molecule has 0 radical (unpaired) electrons. The SMILES string of the molecule is C=CC[C@@]1(C(=O)NCCc2ccc(Br)cc2)N=C(c2ccc(OCCCO)cc2)O[C@@H]1c1ccccc1Br. The largest absolute Gasteiger partial charge is 0.494 e. The maximum atomic E-state index is 13.9. The molecule has 3 aromatic rings. The van der Waals surface area contributed by atoms with Crippen LogP contribution in [0.3, 0.4) is 0 Å². The van der Waals surface area contributed by atoms with Crippen LogP contribution in [0.2, 0.25) is 0 Å². The van der Waals surface area contributed by atoms with E-state index in [4.69, 9.17) is 19.6 Å². The van der Waals surface area contributed by atoms with Crippen molar-refractivity contribution in [3.63, 3.8) is 0 Å². The van der Waals surface area contributed by atoms with Gasteiger partial charge >= 0.3 is 0 Å². The number of carbonyl (C=O) groups excluding carboxylic acids is 1. The quantitative estimate of drug-likeness (QED) is 0.183. The van der Waals surface area contributed by atoms with E-state index in [1.807, 2.05) is 72.8 Å². The summed E-state index contributed by atoms with van der Waals surface area (Å²) in [5.74, 6) is 0.859. The third kappa shape index (κ3) is 6.54. The van der Waals surface area contributed by atoms with Crippen molar-refractivity contribution in [2.24, 2.45) is 4.99 Å². The van der Waals surface area contributed by atoms with E-state index in [-0.39, 0.29) is 12.5 Å². The van der Waals surface area contributed by atoms with Crippen LogP contribution in [0.5, 0.6) is 5.75 Å². The average Bonchev–Trinajstić information content (AvgIpc) is 3.31. The second-order valence-corrected chi connectivity index (χ2v) is 10.7.